The van der Waals surface area contributed by atoms with Crippen molar-refractivity contribution in [2.75, 3.05) is 31.5 Å². The van der Waals surface area contributed by atoms with Gasteiger partial charge in [0.15, 0.2) is 0 Å². The summed E-state index contributed by atoms with van der Waals surface area (Å²) in [7, 11) is 0. The Hall–Kier alpha value is -7.37. The predicted molar refractivity (Wildman–Crippen MR) is 415 cm³/mol. The Balaban J connectivity index is 0. The van der Waals surface area contributed by atoms with Gasteiger partial charge >= 0.3 is 25.8 Å². The van der Waals surface area contributed by atoms with E-state index in [4.69, 9.17) is 54.5 Å². The van der Waals surface area contributed by atoms with Gasteiger partial charge in [0, 0.05) is 45.4 Å². The zero-order chi connectivity index (χ0) is 68.5. The number of halogens is 2. The largest absolute Gasteiger partial charge is 4.00 e. The zero-order valence-electron chi connectivity index (χ0n) is 56.3. The third-order valence-corrected chi connectivity index (χ3v) is 13.7. The summed E-state index contributed by atoms with van der Waals surface area (Å²) in [6.45, 7) is 40.8. The molecule has 2 aliphatic rings. The van der Waals surface area contributed by atoms with Crippen LogP contribution in [0.3, 0.4) is 0 Å². The molecule has 9 aromatic rings. The number of nitrogens with zero attached hydrogens (tertiary/aromatic N) is 3. The third kappa shape index (κ3) is 48.9. The van der Waals surface area contributed by atoms with E-state index in [2.05, 4.69) is 169 Å². The summed E-state index contributed by atoms with van der Waals surface area (Å²) >= 11 is 20.5. The average Bonchev–Trinajstić information content (AvgIpc) is 1.85. The second kappa shape index (κ2) is 60.3. The topological polar surface area (TPSA) is 20.6 Å². The van der Waals surface area contributed by atoms with Crippen LogP contribution in [0.15, 0.2) is 249 Å². The fraction of sp³-hybridized carbons (Fsp3) is 0.186. The molecular weight excluding hydrogens is 1570 g/mol. The summed E-state index contributed by atoms with van der Waals surface area (Å²) in [4.78, 5) is 5.76. The molecule has 0 N–H and O–H groups in total. The molecule has 2 fully saturated rings. The molecule has 2 aliphatic heterocycles. The molecule has 9 heteroatoms. The second-order valence-corrected chi connectivity index (χ2v) is 22.3. The number of hydrogen-bond donors (Lipinski definition) is 0. The van der Waals surface area contributed by atoms with Gasteiger partial charge in [-0.2, -0.15) is 178 Å². The van der Waals surface area contributed by atoms with Crippen LogP contribution in [0.25, 0.3) is 5.32 Å². The minimum atomic E-state index is -0.0951. The first-order chi connectivity index (χ1) is 44.9. The smallest absolute Gasteiger partial charge is 0.793 e. The Bertz CT molecular complexity index is 3140. The monoisotopic (exact) mass is 1660 g/mol. The Morgan fingerprint density at radius 2 is 0.695 bits per heavy atom. The molecule has 0 bridgehead atoms. The minimum absolute atomic E-state index is 0. The van der Waals surface area contributed by atoms with Crippen LogP contribution >= 0.6 is 35.4 Å². The van der Waals surface area contributed by atoms with Gasteiger partial charge in [0.25, 0.3) is 0 Å². The molecule has 0 aromatic heterocycles. The van der Waals surface area contributed by atoms with E-state index in [0.29, 0.717) is 0 Å². The van der Waals surface area contributed by atoms with Crippen LogP contribution in [0.2, 0.25) is 0 Å². The van der Waals surface area contributed by atoms with Gasteiger partial charge in [0.2, 0.25) is 0 Å². The molecule has 0 aliphatic carbocycles. The van der Waals surface area contributed by atoms with Gasteiger partial charge < -0.3 is 27.7 Å². The summed E-state index contributed by atoms with van der Waals surface area (Å²) in [5, 5.41) is 4.88. The molecule has 490 valence electrons. The first-order valence-electron chi connectivity index (χ1n) is 30.5. The van der Waals surface area contributed by atoms with Gasteiger partial charge in [-0.05, 0) is 126 Å². The van der Waals surface area contributed by atoms with Gasteiger partial charge in [-0.15, -0.1) is 120 Å². The van der Waals surface area contributed by atoms with Crippen LogP contribution in [-0.2, 0) is 70.7 Å². The molecule has 0 radical (unpaired) electrons. The first-order valence-corrected chi connectivity index (χ1v) is 32.5. The van der Waals surface area contributed by atoms with Crippen molar-refractivity contribution >= 4 is 58.7 Å². The van der Waals surface area contributed by atoms with Crippen LogP contribution < -0.4 is 0 Å². The standard InChI is InChI=1S/C14H19NS.C13H19N2S.C9H4.7C7H7.CH2Cl2.2Hf/c1-11-6-5-7-12(2)13(11)10-14(16)15-8-3-4-9-15;1-10-6-5-7-11(2)12(10)14-13(16)15-8-3-4-9-15;1-3-5-7-9-8-6-4-2;7*1-7-5-3-2-4-6-7;2-1-3;;/h5-7H,3-4,8-10H2,1-2H3;5-7,13,16H,3-4,8-9H2,1-2H3;1H,2H3;7*2-6H,1H2;1H2;;/q;-1;;7*-1;;;+4/p-1. The molecule has 1 unspecified atom stereocenters. The van der Waals surface area contributed by atoms with Gasteiger partial charge in [0.05, 0.1) is 10.3 Å². The fourth-order valence-electron chi connectivity index (χ4n) is 8.06. The maximum atomic E-state index is 5.54. The molecule has 3 nitrogen and oxygen atoms in total. The molecule has 2 heterocycles. The normalized spacial score (nSPS) is 10.7. The van der Waals surface area contributed by atoms with Crippen molar-refractivity contribution in [2.24, 2.45) is 0 Å². The Kier molecular flexibility index (Phi) is 56.9. The molecule has 95 heavy (non-hydrogen) atoms. The Labute approximate surface area is 635 Å². The number of benzene rings is 9. The first kappa shape index (κ1) is 89.7. The number of aryl methyl sites for hydroxylation is 4. The van der Waals surface area contributed by atoms with Crippen LogP contribution in [0.4, 0.5) is 5.69 Å². The molecule has 2 saturated heterocycles. The van der Waals surface area contributed by atoms with Crippen LogP contribution in [-0.4, -0.2) is 51.8 Å². The summed E-state index contributed by atoms with van der Waals surface area (Å²) in [5.74, 6) is 17.0. The van der Waals surface area contributed by atoms with Gasteiger partial charge in [-0.25, -0.2) is 0 Å². The van der Waals surface area contributed by atoms with Crippen molar-refractivity contribution in [3.05, 3.63) is 369 Å². The zero-order valence-corrected chi connectivity index (χ0v) is 66.6. The number of terminal acetylenes is 1. The molecule has 0 saturated carbocycles. The van der Waals surface area contributed by atoms with E-state index >= 15 is 0 Å². The van der Waals surface area contributed by atoms with Crippen LogP contribution in [0.5, 0.6) is 0 Å². The molecule has 0 spiro atoms. The maximum absolute atomic E-state index is 5.54. The number of alkyl halides is 2. The van der Waals surface area contributed by atoms with E-state index < -0.39 is 0 Å². The predicted octanol–water partition coefficient (Wildman–Crippen LogP) is 21.7. The van der Waals surface area contributed by atoms with Crippen LogP contribution in [0.1, 0.15) is 99.4 Å². The number of thiocarbonyl (C=S) groups is 1. The molecule has 11 rings (SSSR count). The Morgan fingerprint density at radius 1 is 0.442 bits per heavy atom. The van der Waals surface area contributed by atoms with E-state index in [-0.39, 0.29) is 62.5 Å². The number of likely N-dealkylation sites (tertiary alicyclic amines) is 2. The van der Waals surface area contributed by atoms with E-state index in [1.165, 1.54) is 53.5 Å². The summed E-state index contributed by atoms with van der Waals surface area (Å²) in [5.41, 5.74) is 15.1. The SMILES string of the molecule is C#CC#CC#CC#CC.Cc1cccc(C)c1CC(=S)N1CCCC1.Cc1cccc(C)c1[N-]C([S-])N1CCCC1.ClCCl.[CH2-]c1ccccc1.[CH2-]c1ccccc1.[CH2-]c1ccccc1.[CH2-]c1ccccc1.[CH2-]c1ccccc1.[CH2-]c1ccccc1.[CH2-]c1ccccc1.[Hf+4].[Hf]. The van der Waals surface area contributed by atoms with Crippen molar-refractivity contribution in [3.8, 4) is 47.9 Å². The van der Waals surface area contributed by atoms with Crippen molar-refractivity contribution in [1.29, 1.82) is 0 Å². The maximum Gasteiger partial charge on any atom is 4.00 e. The quantitative estimate of drug-likeness (QED) is 0.0427. The summed E-state index contributed by atoms with van der Waals surface area (Å²) in [6, 6.07) is 81.8. The van der Waals surface area contributed by atoms with Crippen LogP contribution in [0, 0.1) is 124 Å². The van der Waals surface area contributed by atoms with E-state index in [1.807, 2.05) is 212 Å². The van der Waals surface area contributed by atoms with Gasteiger partial charge in [0.1, 0.15) is 0 Å². The molecular formula is C86H92Cl2Hf2N3S2-5. The fourth-order valence-corrected chi connectivity index (χ4v) is 8.70. The number of hydrogen-bond acceptors (Lipinski definition) is 3. The van der Waals surface area contributed by atoms with Gasteiger partial charge in [-0.3, -0.25) is 0 Å². The molecule has 1 atom stereocenters. The third-order valence-electron chi connectivity index (χ3n) is 12.9. The number of rotatable bonds is 5. The number of para-hydroxylation sites is 1. The van der Waals surface area contributed by atoms with E-state index in [0.717, 1.165) is 82.2 Å². The second-order valence-electron chi connectivity index (χ2n) is 20.6. The van der Waals surface area contributed by atoms with Crippen molar-refractivity contribution < 1.29 is 51.7 Å². The summed E-state index contributed by atoms with van der Waals surface area (Å²) in [6.07, 6.45) is 10.9. The molecule has 9 aromatic carbocycles. The van der Waals surface area contributed by atoms with Crippen molar-refractivity contribution in [1.82, 2.24) is 9.80 Å². The van der Waals surface area contributed by atoms with E-state index in [1.54, 1.807) is 6.92 Å². The van der Waals surface area contributed by atoms with Crippen molar-refractivity contribution in [3.63, 3.8) is 0 Å². The minimum Gasteiger partial charge on any atom is -0.793 e. The Morgan fingerprint density at radius 3 is 0.947 bits per heavy atom. The van der Waals surface area contributed by atoms with Crippen molar-refractivity contribution in [2.45, 2.75) is 72.2 Å². The van der Waals surface area contributed by atoms with E-state index in [9.17, 15) is 0 Å². The van der Waals surface area contributed by atoms with Gasteiger partial charge in [-0.1, -0.05) is 108 Å². The molecule has 0 amide bonds. The average molecular weight is 1660 g/mol. The summed E-state index contributed by atoms with van der Waals surface area (Å²) < 4.78 is 0.